The van der Waals surface area contributed by atoms with E-state index in [2.05, 4.69) is 4.98 Å². The third kappa shape index (κ3) is 1.82. The number of pyridine rings is 1. The topological polar surface area (TPSA) is 56.6 Å². The number of hydrogen-bond donors (Lipinski definition) is 2. The summed E-state index contributed by atoms with van der Waals surface area (Å²) in [6.45, 7) is 0.864. The summed E-state index contributed by atoms with van der Waals surface area (Å²) in [5.74, 6) is 0. The quantitative estimate of drug-likeness (QED) is 0.660. The highest BCUT2D eigenvalue weighted by atomic mass is 35.5. The predicted molar refractivity (Wildman–Crippen MR) is 53.5 cm³/mol. The SMILES string of the molecule is OC1CN(c2ccnc(Cl)c2)CC1O. The fraction of sp³-hybridized carbons (Fsp3) is 0.444. The minimum Gasteiger partial charge on any atom is -0.389 e. The summed E-state index contributed by atoms with van der Waals surface area (Å²) in [6.07, 6.45) is 0.248. The molecule has 5 heteroatoms. The standard InChI is InChI=1S/C9H11ClN2O2/c10-9-3-6(1-2-11-9)12-4-7(13)8(14)5-12/h1-3,7-8,13-14H,4-5H2. The van der Waals surface area contributed by atoms with Crippen LogP contribution in [-0.2, 0) is 0 Å². The molecule has 1 aromatic heterocycles. The first-order chi connectivity index (χ1) is 6.66. The van der Waals surface area contributed by atoms with Gasteiger partial charge in [0.15, 0.2) is 0 Å². The van der Waals surface area contributed by atoms with Crippen molar-refractivity contribution in [3.05, 3.63) is 23.5 Å². The summed E-state index contributed by atoms with van der Waals surface area (Å²) in [4.78, 5) is 5.74. The Hall–Kier alpha value is -0.840. The molecule has 1 aliphatic heterocycles. The summed E-state index contributed by atoms with van der Waals surface area (Å²) in [7, 11) is 0. The summed E-state index contributed by atoms with van der Waals surface area (Å²) in [5, 5.41) is 19.1. The van der Waals surface area contributed by atoms with Gasteiger partial charge in [-0.2, -0.15) is 0 Å². The third-order valence-electron chi connectivity index (χ3n) is 2.33. The van der Waals surface area contributed by atoms with Crippen LogP contribution in [0.15, 0.2) is 18.3 Å². The molecule has 1 aromatic rings. The lowest BCUT2D eigenvalue weighted by Gasteiger charge is -2.17. The van der Waals surface area contributed by atoms with E-state index in [0.717, 1.165) is 5.69 Å². The number of anilines is 1. The van der Waals surface area contributed by atoms with Gasteiger partial charge in [0.1, 0.15) is 5.15 Å². The minimum atomic E-state index is -0.679. The Morgan fingerprint density at radius 3 is 2.57 bits per heavy atom. The second kappa shape index (κ2) is 3.73. The van der Waals surface area contributed by atoms with Crippen LogP contribution in [0, 0.1) is 0 Å². The third-order valence-corrected chi connectivity index (χ3v) is 2.54. The second-order valence-electron chi connectivity index (χ2n) is 3.38. The van der Waals surface area contributed by atoms with Gasteiger partial charge in [0, 0.05) is 25.0 Å². The van der Waals surface area contributed by atoms with Crippen LogP contribution in [-0.4, -0.2) is 40.5 Å². The van der Waals surface area contributed by atoms with Crippen molar-refractivity contribution in [2.24, 2.45) is 0 Å². The van der Waals surface area contributed by atoms with E-state index < -0.39 is 12.2 Å². The van der Waals surface area contributed by atoms with Crippen molar-refractivity contribution in [3.63, 3.8) is 0 Å². The molecule has 4 nitrogen and oxygen atoms in total. The van der Waals surface area contributed by atoms with Gasteiger partial charge in [-0.1, -0.05) is 11.6 Å². The molecule has 14 heavy (non-hydrogen) atoms. The number of nitrogens with zero attached hydrogens (tertiary/aromatic N) is 2. The minimum absolute atomic E-state index is 0.415. The molecule has 76 valence electrons. The molecule has 0 amide bonds. The molecular formula is C9H11ClN2O2. The molecule has 1 saturated heterocycles. The molecule has 2 N–H and O–H groups in total. The highest BCUT2D eigenvalue weighted by Crippen LogP contribution is 2.22. The van der Waals surface area contributed by atoms with E-state index in [-0.39, 0.29) is 0 Å². The van der Waals surface area contributed by atoms with E-state index in [1.54, 1.807) is 18.3 Å². The van der Waals surface area contributed by atoms with E-state index in [9.17, 15) is 10.2 Å². The number of rotatable bonds is 1. The smallest absolute Gasteiger partial charge is 0.131 e. The van der Waals surface area contributed by atoms with Gasteiger partial charge >= 0.3 is 0 Å². The van der Waals surface area contributed by atoms with Crippen molar-refractivity contribution >= 4 is 17.3 Å². The molecule has 1 aliphatic rings. The van der Waals surface area contributed by atoms with Crippen molar-refractivity contribution in [2.75, 3.05) is 18.0 Å². The molecule has 0 saturated carbocycles. The van der Waals surface area contributed by atoms with Crippen LogP contribution in [0.4, 0.5) is 5.69 Å². The Morgan fingerprint density at radius 1 is 1.36 bits per heavy atom. The number of aromatic nitrogens is 1. The average molecular weight is 215 g/mol. The van der Waals surface area contributed by atoms with E-state index >= 15 is 0 Å². The van der Waals surface area contributed by atoms with E-state index in [1.165, 1.54) is 0 Å². The highest BCUT2D eigenvalue weighted by Gasteiger charge is 2.29. The lowest BCUT2D eigenvalue weighted by molar-refractivity contribution is 0.0572. The van der Waals surface area contributed by atoms with Gasteiger partial charge in [-0.15, -0.1) is 0 Å². The highest BCUT2D eigenvalue weighted by molar-refractivity contribution is 6.29. The zero-order valence-electron chi connectivity index (χ0n) is 7.47. The number of halogens is 1. The van der Waals surface area contributed by atoms with Crippen molar-refractivity contribution in [1.29, 1.82) is 0 Å². The van der Waals surface area contributed by atoms with Gasteiger partial charge in [0.25, 0.3) is 0 Å². The Balaban J connectivity index is 2.17. The molecule has 2 atom stereocenters. The number of aliphatic hydroxyl groups excluding tert-OH is 2. The van der Waals surface area contributed by atoms with Gasteiger partial charge in [0.05, 0.1) is 12.2 Å². The van der Waals surface area contributed by atoms with Gasteiger partial charge < -0.3 is 15.1 Å². The van der Waals surface area contributed by atoms with Gasteiger partial charge in [-0.3, -0.25) is 0 Å². The first-order valence-electron chi connectivity index (χ1n) is 4.39. The van der Waals surface area contributed by atoms with Crippen LogP contribution < -0.4 is 4.90 Å². The van der Waals surface area contributed by atoms with E-state index in [1.807, 2.05) is 4.90 Å². The lowest BCUT2D eigenvalue weighted by atomic mass is 10.3. The molecule has 0 bridgehead atoms. The largest absolute Gasteiger partial charge is 0.389 e. The summed E-state index contributed by atoms with van der Waals surface area (Å²) in [5.41, 5.74) is 0.876. The maximum Gasteiger partial charge on any atom is 0.131 e. The lowest BCUT2D eigenvalue weighted by Crippen LogP contribution is -2.22. The van der Waals surface area contributed by atoms with Gasteiger partial charge in [-0.05, 0) is 12.1 Å². The van der Waals surface area contributed by atoms with Crippen LogP contribution >= 0.6 is 11.6 Å². The van der Waals surface area contributed by atoms with Gasteiger partial charge in [-0.25, -0.2) is 4.98 Å². The number of β-amino-alcohol motifs (C(OH)–C–C–N with tert-alkyl or cyclic N) is 2. The van der Waals surface area contributed by atoms with Crippen molar-refractivity contribution < 1.29 is 10.2 Å². The van der Waals surface area contributed by atoms with Crippen LogP contribution in [0.25, 0.3) is 0 Å². The van der Waals surface area contributed by atoms with Crippen LogP contribution in [0.2, 0.25) is 5.15 Å². The van der Waals surface area contributed by atoms with E-state index in [0.29, 0.717) is 18.2 Å². The Morgan fingerprint density at radius 2 is 2.00 bits per heavy atom. The monoisotopic (exact) mass is 214 g/mol. The summed E-state index contributed by atoms with van der Waals surface area (Å²) >= 11 is 5.73. The molecule has 0 radical (unpaired) electrons. The van der Waals surface area contributed by atoms with Crippen molar-refractivity contribution in [1.82, 2.24) is 4.98 Å². The maximum atomic E-state index is 9.36. The predicted octanol–water partition coefficient (Wildman–Crippen LogP) is 0.277. The number of aliphatic hydroxyl groups is 2. The first-order valence-corrected chi connectivity index (χ1v) is 4.77. The molecular weight excluding hydrogens is 204 g/mol. The summed E-state index contributed by atoms with van der Waals surface area (Å²) < 4.78 is 0. The molecule has 2 unspecified atom stereocenters. The fourth-order valence-corrected chi connectivity index (χ4v) is 1.74. The van der Waals surface area contributed by atoms with Crippen molar-refractivity contribution in [3.8, 4) is 0 Å². The van der Waals surface area contributed by atoms with E-state index in [4.69, 9.17) is 11.6 Å². The Labute approximate surface area is 86.8 Å². The molecule has 1 fully saturated rings. The molecule has 0 spiro atoms. The first kappa shape index (κ1) is 9.71. The van der Waals surface area contributed by atoms with Crippen LogP contribution in [0.1, 0.15) is 0 Å². The zero-order valence-corrected chi connectivity index (χ0v) is 8.22. The average Bonchev–Trinajstić information content (AvgIpc) is 2.47. The second-order valence-corrected chi connectivity index (χ2v) is 3.76. The maximum absolute atomic E-state index is 9.36. The Kier molecular flexibility index (Phi) is 2.58. The summed E-state index contributed by atoms with van der Waals surface area (Å²) in [6, 6.07) is 3.52. The fourth-order valence-electron chi connectivity index (χ4n) is 1.57. The molecule has 2 rings (SSSR count). The molecule has 0 aromatic carbocycles. The zero-order chi connectivity index (χ0) is 10.1. The van der Waals surface area contributed by atoms with Gasteiger partial charge in [0.2, 0.25) is 0 Å². The number of hydrogen-bond acceptors (Lipinski definition) is 4. The van der Waals surface area contributed by atoms with Crippen molar-refractivity contribution in [2.45, 2.75) is 12.2 Å². The normalized spacial score (nSPS) is 26.9. The molecule has 2 heterocycles. The van der Waals surface area contributed by atoms with Crippen LogP contribution in [0.5, 0.6) is 0 Å². The van der Waals surface area contributed by atoms with Crippen LogP contribution in [0.3, 0.4) is 0 Å². The Bertz CT molecular complexity index is 324. The molecule has 0 aliphatic carbocycles.